The molecule has 1 aromatic carbocycles. The molecule has 150 valence electrons. The van der Waals surface area contributed by atoms with Gasteiger partial charge in [0.1, 0.15) is 0 Å². The van der Waals surface area contributed by atoms with Gasteiger partial charge >= 0.3 is 5.97 Å². The Hall–Kier alpha value is -1.84. The monoisotopic (exact) mass is 375 g/mol. The Morgan fingerprint density at radius 2 is 1.96 bits per heavy atom. The van der Waals surface area contributed by atoms with Gasteiger partial charge < -0.3 is 9.64 Å². The maximum absolute atomic E-state index is 14.9. The lowest BCUT2D eigenvalue weighted by Crippen LogP contribution is -2.38. The molecule has 0 saturated heterocycles. The van der Waals surface area contributed by atoms with Crippen LogP contribution in [-0.4, -0.2) is 25.7 Å². The SMILES string of the molecule is CCCN1CCC(C)(C)c2cc(C(C)C)cc(/C(C)=C(/F)C(=O)OCC)c21. The van der Waals surface area contributed by atoms with E-state index in [0.717, 1.165) is 37.2 Å². The van der Waals surface area contributed by atoms with Crippen molar-refractivity contribution >= 4 is 17.2 Å². The molecule has 0 aliphatic carbocycles. The summed E-state index contributed by atoms with van der Waals surface area (Å²) in [4.78, 5) is 14.4. The van der Waals surface area contributed by atoms with E-state index in [2.05, 4.69) is 51.7 Å². The first-order valence-electron chi connectivity index (χ1n) is 10.1. The van der Waals surface area contributed by atoms with Crippen molar-refractivity contribution in [2.45, 2.75) is 72.6 Å². The number of fused-ring (bicyclic) bond motifs is 1. The Morgan fingerprint density at radius 1 is 1.30 bits per heavy atom. The van der Waals surface area contributed by atoms with Crippen LogP contribution in [0.5, 0.6) is 0 Å². The summed E-state index contributed by atoms with van der Waals surface area (Å²) >= 11 is 0. The number of ether oxygens (including phenoxy) is 1. The van der Waals surface area contributed by atoms with Crippen molar-refractivity contribution in [1.82, 2.24) is 0 Å². The van der Waals surface area contributed by atoms with Crippen LogP contribution in [0.25, 0.3) is 5.57 Å². The normalized spacial score (nSPS) is 16.9. The number of esters is 1. The van der Waals surface area contributed by atoms with Gasteiger partial charge in [-0.2, -0.15) is 4.39 Å². The van der Waals surface area contributed by atoms with Gasteiger partial charge in [0.25, 0.3) is 0 Å². The van der Waals surface area contributed by atoms with Gasteiger partial charge in [-0.1, -0.05) is 40.7 Å². The minimum absolute atomic E-state index is 0.0138. The molecule has 0 bridgehead atoms. The summed E-state index contributed by atoms with van der Waals surface area (Å²) in [5.41, 5.74) is 4.70. The smallest absolute Gasteiger partial charge is 0.367 e. The topological polar surface area (TPSA) is 29.5 Å². The van der Waals surface area contributed by atoms with Crippen molar-refractivity contribution in [3.05, 3.63) is 34.6 Å². The summed E-state index contributed by atoms with van der Waals surface area (Å²) in [5.74, 6) is -1.35. The van der Waals surface area contributed by atoms with Crippen molar-refractivity contribution in [2.75, 3.05) is 24.6 Å². The number of hydrogen-bond acceptors (Lipinski definition) is 3. The molecule has 0 unspecified atom stereocenters. The lowest BCUT2D eigenvalue weighted by atomic mass is 9.74. The highest BCUT2D eigenvalue weighted by atomic mass is 19.1. The molecule has 2 rings (SSSR count). The zero-order valence-electron chi connectivity index (χ0n) is 17.9. The molecule has 0 N–H and O–H groups in total. The number of rotatable bonds is 6. The lowest BCUT2D eigenvalue weighted by Gasteiger charge is -2.42. The molecule has 3 nitrogen and oxygen atoms in total. The molecule has 0 spiro atoms. The fourth-order valence-corrected chi connectivity index (χ4v) is 3.75. The zero-order valence-corrected chi connectivity index (χ0v) is 17.9. The van der Waals surface area contributed by atoms with E-state index in [4.69, 9.17) is 4.74 Å². The highest BCUT2D eigenvalue weighted by molar-refractivity contribution is 5.97. The van der Waals surface area contributed by atoms with Crippen LogP contribution in [0.4, 0.5) is 10.1 Å². The van der Waals surface area contributed by atoms with Gasteiger partial charge in [0.2, 0.25) is 5.83 Å². The molecule has 4 heteroatoms. The summed E-state index contributed by atoms with van der Waals surface area (Å²) in [5, 5.41) is 0. The summed E-state index contributed by atoms with van der Waals surface area (Å²) in [6, 6.07) is 4.34. The number of carbonyl (C=O) groups excluding carboxylic acids is 1. The van der Waals surface area contributed by atoms with E-state index in [0.29, 0.717) is 11.5 Å². The molecule has 1 aliphatic heterocycles. The first kappa shape index (κ1) is 21.5. The van der Waals surface area contributed by atoms with Crippen molar-refractivity contribution in [2.24, 2.45) is 0 Å². The van der Waals surface area contributed by atoms with Crippen LogP contribution >= 0.6 is 0 Å². The van der Waals surface area contributed by atoms with Gasteiger partial charge in [-0.3, -0.25) is 0 Å². The number of carbonyl (C=O) groups is 1. The van der Waals surface area contributed by atoms with E-state index >= 15 is 0 Å². The lowest BCUT2D eigenvalue weighted by molar-refractivity contribution is -0.140. The fourth-order valence-electron chi connectivity index (χ4n) is 3.75. The average molecular weight is 376 g/mol. The minimum atomic E-state index is -0.879. The predicted octanol–water partition coefficient (Wildman–Crippen LogP) is 5.97. The number of allylic oxidation sites excluding steroid dienone is 1. The highest BCUT2D eigenvalue weighted by Gasteiger charge is 2.34. The van der Waals surface area contributed by atoms with Crippen molar-refractivity contribution in [1.29, 1.82) is 0 Å². The molecule has 0 fully saturated rings. The van der Waals surface area contributed by atoms with Crippen LogP contribution in [0.3, 0.4) is 0 Å². The molecule has 1 aliphatic rings. The molecule has 0 atom stereocenters. The molecule has 0 radical (unpaired) electrons. The van der Waals surface area contributed by atoms with Crippen molar-refractivity contribution in [3.8, 4) is 0 Å². The third kappa shape index (κ3) is 4.36. The van der Waals surface area contributed by atoms with Crippen molar-refractivity contribution < 1.29 is 13.9 Å². The average Bonchev–Trinajstić information content (AvgIpc) is 2.62. The molecule has 0 aromatic heterocycles. The Bertz CT molecular complexity index is 734. The van der Waals surface area contributed by atoms with Crippen molar-refractivity contribution in [3.63, 3.8) is 0 Å². The summed E-state index contributed by atoms with van der Waals surface area (Å²) in [6.07, 6.45) is 2.08. The van der Waals surface area contributed by atoms with Gasteiger partial charge in [0.15, 0.2) is 0 Å². The van der Waals surface area contributed by atoms with Gasteiger partial charge in [-0.05, 0) is 55.2 Å². The molecule has 27 heavy (non-hydrogen) atoms. The van der Waals surface area contributed by atoms with Crippen LogP contribution in [0.1, 0.15) is 83.9 Å². The summed E-state index contributed by atoms with van der Waals surface area (Å²) in [7, 11) is 0. The second-order valence-electron chi connectivity index (χ2n) is 8.40. The van der Waals surface area contributed by atoms with E-state index in [-0.39, 0.29) is 12.0 Å². The number of nitrogens with zero attached hydrogens (tertiary/aromatic N) is 1. The Labute approximate surface area is 163 Å². The van der Waals surface area contributed by atoms with Crippen LogP contribution in [0.15, 0.2) is 18.0 Å². The van der Waals surface area contributed by atoms with Crippen LogP contribution < -0.4 is 4.90 Å². The Morgan fingerprint density at radius 3 is 2.52 bits per heavy atom. The Balaban J connectivity index is 2.77. The van der Waals surface area contributed by atoms with Gasteiger partial charge in [-0.25, -0.2) is 4.79 Å². The van der Waals surface area contributed by atoms with Crippen LogP contribution in [0.2, 0.25) is 0 Å². The molecule has 1 aromatic rings. The molecule has 1 heterocycles. The van der Waals surface area contributed by atoms with Crippen LogP contribution in [0, 0.1) is 0 Å². The van der Waals surface area contributed by atoms with Gasteiger partial charge in [0, 0.05) is 29.9 Å². The summed E-state index contributed by atoms with van der Waals surface area (Å²) < 4.78 is 19.8. The largest absolute Gasteiger partial charge is 0.461 e. The third-order valence-corrected chi connectivity index (χ3v) is 5.53. The second kappa shape index (κ2) is 8.45. The van der Waals surface area contributed by atoms with E-state index in [1.807, 2.05) is 0 Å². The van der Waals surface area contributed by atoms with Gasteiger partial charge in [0.05, 0.1) is 6.61 Å². The first-order valence-corrected chi connectivity index (χ1v) is 10.1. The van der Waals surface area contributed by atoms with E-state index < -0.39 is 11.8 Å². The molecular formula is C23H34FNO2. The maximum Gasteiger partial charge on any atom is 0.367 e. The first-order chi connectivity index (χ1) is 12.6. The predicted molar refractivity (Wildman–Crippen MR) is 111 cm³/mol. The van der Waals surface area contributed by atoms with E-state index in [9.17, 15) is 9.18 Å². The standard InChI is InChI=1S/C23H34FNO2/c1-8-11-25-12-10-23(6,7)19-14-17(15(3)4)13-18(21(19)25)16(5)20(24)22(26)27-9-2/h13-15H,8-12H2,1-7H3/b20-16+. The quantitative estimate of drug-likeness (QED) is 0.453. The number of hydrogen-bond donors (Lipinski definition) is 0. The highest BCUT2D eigenvalue weighted by Crippen LogP contribution is 2.45. The molecular weight excluding hydrogens is 341 g/mol. The number of halogens is 1. The fraction of sp³-hybridized carbons (Fsp3) is 0.609. The van der Waals surface area contributed by atoms with Gasteiger partial charge in [-0.15, -0.1) is 0 Å². The third-order valence-electron chi connectivity index (χ3n) is 5.53. The van der Waals surface area contributed by atoms with E-state index in [1.54, 1.807) is 13.8 Å². The number of benzene rings is 1. The Kier molecular flexibility index (Phi) is 6.72. The molecule has 0 saturated carbocycles. The second-order valence-corrected chi connectivity index (χ2v) is 8.40. The number of anilines is 1. The van der Waals surface area contributed by atoms with E-state index in [1.165, 1.54) is 11.1 Å². The summed E-state index contributed by atoms with van der Waals surface area (Å²) in [6.45, 7) is 16.4. The zero-order chi connectivity index (χ0) is 20.4. The minimum Gasteiger partial charge on any atom is -0.461 e. The molecule has 0 amide bonds. The maximum atomic E-state index is 14.9. The van der Waals surface area contributed by atoms with Crippen LogP contribution in [-0.2, 0) is 14.9 Å².